The van der Waals surface area contributed by atoms with Crippen LogP contribution in [-0.4, -0.2) is 23.2 Å². The zero-order valence-electron chi connectivity index (χ0n) is 7.37. The van der Waals surface area contributed by atoms with Crippen molar-refractivity contribution in [2.45, 2.75) is 19.8 Å². The summed E-state index contributed by atoms with van der Waals surface area (Å²) in [6.07, 6.45) is 0. The van der Waals surface area contributed by atoms with Gasteiger partial charge < -0.3 is 15.6 Å². The molecule has 3 N–H and O–H groups in total. The van der Waals surface area contributed by atoms with Crippen molar-refractivity contribution in [3.8, 4) is 0 Å². The van der Waals surface area contributed by atoms with Crippen LogP contribution in [0.25, 0.3) is 0 Å². The molecule has 0 spiro atoms. The number of hydrogen-bond acceptors (Lipinski definition) is 5. The van der Waals surface area contributed by atoms with Crippen LogP contribution in [0.2, 0.25) is 0 Å². The van der Waals surface area contributed by atoms with Crippen molar-refractivity contribution in [2.75, 3.05) is 18.8 Å². The van der Waals surface area contributed by atoms with Crippen LogP contribution in [0, 0.1) is 0 Å². The van der Waals surface area contributed by atoms with Gasteiger partial charge in [-0.3, -0.25) is 0 Å². The molecule has 1 rings (SSSR count). The van der Waals surface area contributed by atoms with Crippen LogP contribution in [0.1, 0.15) is 25.7 Å². The van der Waals surface area contributed by atoms with Gasteiger partial charge in [0.2, 0.25) is 5.89 Å². The molecule has 0 aliphatic carbocycles. The smallest absolute Gasteiger partial charge is 0.260 e. The summed E-state index contributed by atoms with van der Waals surface area (Å²) in [7, 11) is 0. The Hall–Kier alpha value is -1.10. The highest BCUT2D eigenvalue weighted by Crippen LogP contribution is 2.11. The lowest BCUT2D eigenvalue weighted by Gasteiger charge is -2.05. The van der Waals surface area contributed by atoms with Gasteiger partial charge in [-0.05, 0) is 11.7 Å². The number of nitrogens with one attached hydrogen (secondary N) is 1. The van der Waals surface area contributed by atoms with E-state index in [0.717, 1.165) is 13.1 Å². The Morgan fingerprint density at radius 2 is 2.42 bits per heavy atom. The van der Waals surface area contributed by atoms with Gasteiger partial charge in [-0.25, -0.2) is 0 Å². The van der Waals surface area contributed by atoms with Crippen molar-refractivity contribution >= 4 is 5.95 Å². The third kappa shape index (κ3) is 2.20. The average molecular weight is 170 g/mol. The molecule has 0 saturated carbocycles. The van der Waals surface area contributed by atoms with Gasteiger partial charge in [0.25, 0.3) is 5.95 Å². The number of likely N-dealkylation sites (N-methyl/N-ethyl adjacent to an activating group) is 1. The number of rotatable bonds is 4. The van der Waals surface area contributed by atoms with E-state index in [1.165, 1.54) is 0 Å². The van der Waals surface area contributed by atoms with Gasteiger partial charge in [0.05, 0.1) is 0 Å². The summed E-state index contributed by atoms with van der Waals surface area (Å²) in [4.78, 5) is 3.92. The second-order valence-electron chi connectivity index (χ2n) is 2.70. The monoisotopic (exact) mass is 170 g/mol. The van der Waals surface area contributed by atoms with Crippen LogP contribution in [0.15, 0.2) is 4.52 Å². The lowest BCUT2D eigenvalue weighted by Crippen LogP contribution is -2.19. The predicted molar refractivity (Wildman–Crippen MR) is 45.7 cm³/mol. The number of hydrogen-bond donors (Lipinski definition) is 2. The first-order chi connectivity index (χ1) is 5.74. The minimum Gasteiger partial charge on any atom is -0.365 e. The fourth-order valence-corrected chi connectivity index (χ4v) is 0.896. The van der Waals surface area contributed by atoms with E-state index in [4.69, 9.17) is 10.3 Å². The van der Waals surface area contributed by atoms with Gasteiger partial charge >= 0.3 is 0 Å². The van der Waals surface area contributed by atoms with Crippen molar-refractivity contribution < 1.29 is 4.52 Å². The minimum absolute atomic E-state index is 0.202. The molecule has 0 saturated heterocycles. The molecule has 0 aliphatic rings. The Morgan fingerprint density at radius 1 is 1.67 bits per heavy atom. The lowest BCUT2D eigenvalue weighted by molar-refractivity contribution is 0.356. The van der Waals surface area contributed by atoms with Gasteiger partial charge in [-0.1, -0.05) is 13.8 Å². The second kappa shape index (κ2) is 4.06. The maximum Gasteiger partial charge on any atom is 0.260 e. The van der Waals surface area contributed by atoms with Gasteiger partial charge in [-0.2, -0.15) is 4.98 Å². The molecule has 5 nitrogen and oxygen atoms in total. The standard InChI is InChI=1S/C7H14N4O/c1-3-9-4-5(2)6-10-7(8)11-12-6/h5,9H,3-4H2,1-2H3,(H2,8,11). The Bertz CT molecular complexity index is 235. The van der Waals surface area contributed by atoms with Crippen LogP contribution in [-0.2, 0) is 0 Å². The van der Waals surface area contributed by atoms with Gasteiger partial charge in [-0.15, -0.1) is 0 Å². The Labute approximate surface area is 71.3 Å². The molecule has 0 radical (unpaired) electrons. The van der Waals surface area contributed by atoms with E-state index in [0.29, 0.717) is 5.89 Å². The fourth-order valence-electron chi connectivity index (χ4n) is 0.896. The maximum absolute atomic E-state index is 5.31. The first-order valence-corrected chi connectivity index (χ1v) is 4.03. The minimum atomic E-state index is 0.202. The molecule has 0 aliphatic heterocycles. The van der Waals surface area contributed by atoms with Gasteiger partial charge in [0, 0.05) is 12.5 Å². The van der Waals surface area contributed by atoms with Crippen molar-refractivity contribution in [3.05, 3.63) is 5.89 Å². The number of nitrogens with two attached hydrogens (primary N) is 1. The molecule has 0 fully saturated rings. The number of nitrogens with zero attached hydrogens (tertiary/aromatic N) is 2. The van der Waals surface area contributed by atoms with E-state index >= 15 is 0 Å². The largest absolute Gasteiger partial charge is 0.365 e. The van der Waals surface area contributed by atoms with E-state index in [-0.39, 0.29) is 11.9 Å². The van der Waals surface area contributed by atoms with Gasteiger partial charge in [0.15, 0.2) is 0 Å². The topological polar surface area (TPSA) is 77.0 Å². The number of aromatic nitrogens is 2. The highest BCUT2D eigenvalue weighted by molar-refractivity contribution is 5.11. The molecule has 12 heavy (non-hydrogen) atoms. The van der Waals surface area contributed by atoms with E-state index in [1.54, 1.807) is 0 Å². The molecule has 1 unspecified atom stereocenters. The normalized spacial score (nSPS) is 13.2. The zero-order valence-corrected chi connectivity index (χ0v) is 7.37. The summed E-state index contributed by atoms with van der Waals surface area (Å²) >= 11 is 0. The van der Waals surface area contributed by atoms with Crippen molar-refractivity contribution in [1.29, 1.82) is 0 Å². The molecular formula is C7H14N4O. The van der Waals surface area contributed by atoms with E-state index < -0.39 is 0 Å². The molecule has 0 amide bonds. The summed E-state index contributed by atoms with van der Waals surface area (Å²) in [5, 5.41) is 6.70. The van der Waals surface area contributed by atoms with E-state index in [1.807, 2.05) is 6.92 Å². The molecular weight excluding hydrogens is 156 g/mol. The molecule has 1 heterocycles. The third-order valence-corrected chi connectivity index (χ3v) is 1.58. The van der Waals surface area contributed by atoms with Crippen molar-refractivity contribution in [1.82, 2.24) is 15.5 Å². The second-order valence-corrected chi connectivity index (χ2v) is 2.70. The van der Waals surface area contributed by atoms with Crippen LogP contribution in [0.5, 0.6) is 0 Å². The van der Waals surface area contributed by atoms with Gasteiger partial charge in [0.1, 0.15) is 0 Å². The van der Waals surface area contributed by atoms with E-state index in [2.05, 4.69) is 22.4 Å². The van der Waals surface area contributed by atoms with Crippen LogP contribution < -0.4 is 11.1 Å². The van der Waals surface area contributed by atoms with Crippen molar-refractivity contribution in [3.63, 3.8) is 0 Å². The summed E-state index contributed by atoms with van der Waals surface area (Å²) in [5.74, 6) is 1.01. The van der Waals surface area contributed by atoms with Crippen LogP contribution in [0.4, 0.5) is 5.95 Å². The fraction of sp³-hybridized carbons (Fsp3) is 0.714. The molecule has 5 heteroatoms. The molecule has 1 aromatic rings. The predicted octanol–water partition coefficient (Wildman–Crippen LogP) is 0.365. The quantitative estimate of drug-likeness (QED) is 0.682. The summed E-state index contributed by atoms with van der Waals surface area (Å²) < 4.78 is 4.90. The van der Waals surface area contributed by atoms with Crippen LogP contribution in [0.3, 0.4) is 0 Å². The number of anilines is 1. The average Bonchev–Trinajstić information content (AvgIpc) is 2.47. The van der Waals surface area contributed by atoms with Crippen molar-refractivity contribution in [2.24, 2.45) is 0 Å². The Kier molecular flexibility index (Phi) is 3.04. The summed E-state index contributed by atoms with van der Waals surface area (Å²) in [6, 6.07) is 0. The summed E-state index contributed by atoms with van der Waals surface area (Å²) in [6.45, 7) is 5.83. The molecule has 68 valence electrons. The maximum atomic E-state index is 5.31. The molecule has 0 aromatic carbocycles. The first-order valence-electron chi connectivity index (χ1n) is 4.03. The molecule has 1 atom stereocenters. The van der Waals surface area contributed by atoms with Crippen LogP contribution >= 0.6 is 0 Å². The SMILES string of the molecule is CCNCC(C)c1nc(N)no1. The Morgan fingerprint density at radius 3 is 2.92 bits per heavy atom. The highest BCUT2D eigenvalue weighted by atomic mass is 16.5. The molecule has 0 bridgehead atoms. The molecule has 1 aromatic heterocycles. The Balaban J connectivity index is 2.47. The third-order valence-electron chi connectivity index (χ3n) is 1.58. The zero-order chi connectivity index (χ0) is 8.97. The summed E-state index contributed by atoms with van der Waals surface area (Å²) in [5.41, 5.74) is 5.31. The lowest BCUT2D eigenvalue weighted by atomic mass is 10.2. The first kappa shape index (κ1) is 8.99. The highest BCUT2D eigenvalue weighted by Gasteiger charge is 2.11. The van der Waals surface area contributed by atoms with E-state index in [9.17, 15) is 0 Å². The number of nitrogen functional groups attached to an aromatic ring is 1.